The molecule has 0 aliphatic heterocycles. The van der Waals surface area contributed by atoms with E-state index in [0.717, 1.165) is 0 Å². The maximum atomic E-state index is 11.9. The maximum Gasteiger partial charge on any atom is 0.341 e. The molecule has 0 atom stereocenters. The topological polar surface area (TPSA) is 101 Å². The molecule has 1 amide bonds. The Morgan fingerprint density at radius 2 is 2.20 bits per heavy atom. The molecule has 0 radical (unpaired) electrons. The Balaban J connectivity index is 2.16. The Labute approximate surface area is 117 Å². The fourth-order valence-electron chi connectivity index (χ4n) is 1.41. The fraction of sp³-hybridized carbons (Fsp3) is 0.167. The second-order valence-electron chi connectivity index (χ2n) is 3.64. The SMILES string of the molecule is CCOC(=O)c1ccsc1NC(=O)c1ccc(=O)[nH]n1. The Morgan fingerprint density at radius 3 is 2.85 bits per heavy atom. The zero-order valence-corrected chi connectivity index (χ0v) is 11.3. The number of ether oxygens (including phenoxy) is 1. The van der Waals surface area contributed by atoms with E-state index >= 15 is 0 Å². The third kappa shape index (κ3) is 3.09. The quantitative estimate of drug-likeness (QED) is 0.826. The highest BCUT2D eigenvalue weighted by atomic mass is 32.1. The molecule has 2 rings (SSSR count). The van der Waals surface area contributed by atoms with E-state index in [0.29, 0.717) is 5.00 Å². The van der Waals surface area contributed by atoms with Gasteiger partial charge in [-0.15, -0.1) is 11.3 Å². The van der Waals surface area contributed by atoms with E-state index in [9.17, 15) is 14.4 Å². The van der Waals surface area contributed by atoms with Gasteiger partial charge in [0.05, 0.1) is 12.2 Å². The first-order chi connectivity index (χ1) is 9.61. The highest BCUT2D eigenvalue weighted by Crippen LogP contribution is 2.24. The van der Waals surface area contributed by atoms with E-state index in [1.165, 1.54) is 23.5 Å². The molecule has 0 spiro atoms. The average molecular weight is 293 g/mol. The van der Waals surface area contributed by atoms with E-state index in [-0.39, 0.29) is 17.9 Å². The number of hydrogen-bond acceptors (Lipinski definition) is 6. The summed E-state index contributed by atoms with van der Waals surface area (Å²) in [6, 6.07) is 4.06. The first-order valence-electron chi connectivity index (χ1n) is 5.73. The molecule has 0 saturated carbocycles. The van der Waals surface area contributed by atoms with Gasteiger partial charge in [0.1, 0.15) is 10.7 Å². The molecule has 8 heteroatoms. The monoisotopic (exact) mass is 293 g/mol. The first-order valence-corrected chi connectivity index (χ1v) is 6.61. The minimum Gasteiger partial charge on any atom is -0.462 e. The van der Waals surface area contributed by atoms with Gasteiger partial charge < -0.3 is 10.1 Å². The van der Waals surface area contributed by atoms with Crippen LogP contribution in [-0.2, 0) is 4.74 Å². The largest absolute Gasteiger partial charge is 0.462 e. The summed E-state index contributed by atoms with van der Waals surface area (Å²) in [5.41, 5.74) is -0.0627. The third-order valence-corrected chi connectivity index (χ3v) is 3.13. The molecule has 0 fully saturated rings. The van der Waals surface area contributed by atoms with E-state index in [4.69, 9.17) is 4.74 Å². The fourth-order valence-corrected chi connectivity index (χ4v) is 2.18. The molecule has 0 aliphatic carbocycles. The summed E-state index contributed by atoms with van der Waals surface area (Å²) in [5, 5.41) is 10.4. The number of aromatic amines is 1. The van der Waals surface area contributed by atoms with Crippen molar-refractivity contribution in [1.29, 1.82) is 0 Å². The number of carbonyl (C=O) groups excluding carboxylic acids is 2. The number of nitrogens with zero attached hydrogens (tertiary/aromatic N) is 1. The van der Waals surface area contributed by atoms with Crippen molar-refractivity contribution in [2.24, 2.45) is 0 Å². The van der Waals surface area contributed by atoms with Crippen LogP contribution in [0.5, 0.6) is 0 Å². The molecule has 0 unspecified atom stereocenters. The van der Waals surface area contributed by atoms with Gasteiger partial charge in [-0.05, 0) is 24.4 Å². The third-order valence-electron chi connectivity index (χ3n) is 2.30. The molecular weight excluding hydrogens is 282 g/mol. The van der Waals surface area contributed by atoms with Crippen LogP contribution in [0.2, 0.25) is 0 Å². The van der Waals surface area contributed by atoms with Gasteiger partial charge in [-0.25, -0.2) is 9.89 Å². The minimum atomic E-state index is -0.519. The summed E-state index contributed by atoms with van der Waals surface area (Å²) in [6.07, 6.45) is 0. The number of aromatic nitrogens is 2. The number of carbonyl (C=O) groups is 2. The van der Waals surface area contributed by atoms with Crippen molar-refractivity contribution in [3.63, 3.8) is 0 Å². The second kappa shape index (κ2) is 6.11. The highest BCUT2D eigenvalue weighted by molar-refractivity contribution is 7.14. The van der Waals surface area contributed by atoms with Crippen LogP contribution in [0.25, 0.3) is 0 Å². The molecule has 2 N–H and O–H groups in total. The zero-order valence-electron chi connectivity index (χ0n) is 10.5. The number of nitrogens with one attached hydrogen (secondary N) is 2. The molecule has 0 aromatic carbocycles. The summed E-state index contributed by atoms with van der Waals surface area (Å²) in [7, 11) is 0. The van der Waals surface area contributed by atoms with Crippen molar-refractivity contribution in [3.8, 4) is 0 Å². The Kier molecular flexibility index (Phi) is 4.26. The van der Waals surface area contributed by atoms with Crippen LogP contribution in [0, 0.1) is 0 Å². The van der Waals surface area contributed by atoms with E-state index in [1.54, 1.807) is 18.4 Å². The standard InChI is InChI=1S/C12H11N3O4S/c1-2-19-12(18)7-5-6-20-11(7)13-10(17)8-3-4-9(16)15-14-8/h3-6H,2H2,1H3,(H,13,17)(H,15,16). The van der Waals surface area contributed by atoms with Crippen molar-refractivity contribution < 1.29 is 14.3 Å². The van der Waals surface area contributed by atoms with Gasteiger partial charge in [0.25, 0.3) is 11.5 Å². The van der Waals surface area contributed by atoms with Crippen LogP contribution in [0.15, 0.2) is 28.4 Å². The summed E-state index contributed by atoms with van der Waals surface area (Å²) < 4.78 is 4.88. The molecule has 0 saturated heterocycles. The summed E-state index contributed by atoms with van der Waals surface area (Å²) >= 11 is 1.20. The Bertz CT molecular complexity index is 672. The van der Waals surface area contributed by atoms with Crippen LogP contribution in [-0.4, -0.2) is 28.7 Å². The van der Waals surface area contributed by atoms with Crippen LogP contribution in [0.3, 0.4) is 0 Å². The number of hydrogen-bond donors (Lipinski definition) is 2. The number of esters is 1. The lowest BCUT2D eigenvalue weighted by Crippen LogP contribution is -2.18. The van der Waals surface area contributed by atoms with Gasteiger partial charge in [0.15, 0.2) is 0 Å². The summed E-state index contributed by atoms with van der Waals surface area (Å²) in [5.74, 6) is -1.02. The molecule has 104 valence electrons. The smallest absolute Gasteiger partial charge is 0.341 e. The van der Waals surface area contributed by atoms with Gasteiger partial charge in [-0.1, -0.05) is 0 Å². The molecule has 0 bridgehead atoms. The Morgan fingerprint density at radius 1 is 1.40 bits per heavy atom. The van der Waals surface area contributed by atoms with E-state index in [1.807, 2.05) is 0 Å². The number of anilines is 1. The lowest BCUT2D eigenvalue weighted by molar-refractivity contribution is 0.0528. The van der Waals surface area contributed by atoms with Crippen LogP contribution in [0.1, 0.15) is 27.8 Å². The molecule has 2 aromatic rings. The number of thiophene rings is 1. The van der Waals surface area contributed by atoms with Crippen LogP contribution >= 0.6 is 11.3 Å². The van der Waals surface area contributed by atoms with E-state index < -0.39 is 17.4 Å². The predicted molar refractivity (Wildman–Crippen MR) is 73.1 cm³/mol. The van der Waals surface area contributed by atoms with Crippen molar-refractivity contribution >= 4 is 28.2 Å². The second-order valence-corrected chi connectivity index (χ2v) is 4.56. The number of H-pyrrole nitrogens is 1. The molecular formula is C12H11N3O4S. The van der Waals surface area contributed by atoms with Gasteiger partial charge in [-0.2, -0.15) is 5.10 Å². The van der Waals surface area contributed by atoms with Crippen LogP contribution in [0.4, 0.5) is 5.00 Å². The van der Waals surface area contributed by atoms with Crippen molar-refractivity contribution in [1.82, 2.24) is 10.2 Å². The predicted octanol–water partition coefficient (Wildman–Crippen LogP) is 1.26. The minimum absolute atomic E-state index is 0.0489. The lowest BCUT2D eigenvalue weighted by atomic mass is 10.3. The zero-order chi connectivity index (χ0) is 14.5. The van der Waals surface area contributed by atoms with Gasteiger partial charge in [0.2, 0.25) is 0 Å². The molecule has 2 aromatic heterocycles. The van der Waals surface area contributed by atoms with Crippen molar-refractivity contribution in [2.75, 3.05) is 11.9 Å². The number of amides is 1. The highest BCUT2D eigenvalue weighted by Gasteiger charge is 2.17. The first kappa shape index (κ1) is 13.9. The Hall–Kier alpha value is -2.48. The van der Waals surface area contributed by atoms with Crippen molar-refractivity contribution in [2.45, 2.75) is 6.92 Å². The van der Waals surface area contributed by atoms with Gasteiger partial charge >= 0.3 is 5.97 Å². The molecule has 0 aliphatic rings. The molecule has 7 nitrogen and oxygen atoms in total. The van der Waals surface area contributed by atoms with Crippen LogP contribution < -0.4 is 10.9 Å². The maximum absolute atomic E-state index is 11.9. The average Bonchev–Trinajstić information content (AvgIpc) is 2.88. The molecule has 20 heavy (non-hydrogen) atoms. The van der Waals surface area contributed by atoms with Gasteiger partial charge in [0, 0.05) is 6.07 Å². The summed E-state index contributed by atoms with van der Waals surface area (Å²) in [4.78, 5) is 34.4. The van der Waals surface area contributed by atoms with Gasteiger partial charge in [-0.3, -0.25) is 9.59 Å². The van der Waals surface area contributed by atoms with E-state index in [2.05, 4.69) is 15.5 Å². The normalized spacial score (nSPS) is 10.1. The van der Waals surface area contributed by atoms with Crippen molar-refractivity contribution in [3.05, 3.63) is 45.2 Å². The number of rotatable bonds is 4. The lowest BCUT2D eigenvalue weighted by Gasteiger charge is -2.05. The molecule has 2 heterocycles. The summed E-state index contributed by atoms with van der Waals surface area (Å²) in [6.45, 7) is 1.95.